The van der Waals surface area contributed by atoms with E-state index < -0.39 is 0 Å². The van der Waals surface area contributed by atoms with Crippen LogP contribution in [0.5, 0.6) is 0 Å². The van der Waals surface area contributed by atoms with Crippen LogP contribution in [0, 0.1) is 5.92 Å². The van der Waals surface area contributed by atoms with Gasteiger partial charge in [0, 0.05) is 19.3 Å². The highest BCUT2D eigenvalue weighted by molar-refractivity contribution is 6.02. The lowest BCUT2D eigenvalue weighted by molar-refractivity contribution is 0.0942. The van der Waals surface area contributed by atoms with E-state index >= 15 is 0 Å². The molecule has 0 spiro atoms. The van der Waals surface area contributed by atoms with Gasteiger partial charge in [-0.3, -0.25) is 14.0 Å². The summed E-state index contributed by atoms with van der Waals surface area (Å²) in [6, 6.07) is 5.42. The van der Waals surface area contributed by atoms with Crippen molar-refractivity contribution in [2.45, 2.75) is 27.2 Å². The fraction of sp³-hybridized carbons (Fsp3) is 0.438. The molecule has 6 nitrogen and oxygen atoms in total. The molecule has 2 N–H and O–H groups in total. The van der Waals surface area contributed by atoms with Gasteiger partial charge in [-0.2, -0.15) is 0 Å². The van der Waals surface area contributed by atoms with E-state index in [1.807, 2.05) is 26.8 Å². The van der Waals surface area contributed by atoms with Crippen molar-refractivity contribution in [1.82, 2.24) is 20.0 Å². The molecule has 0 aliphatic carbocycles. The summed E-state index contributed by atoms with van der Waals surface area (Å²) in [7, 11) is 0. The zero-order valence-electron chi connectivity index (χ0n) is 13.2. The Morgan fingerprint density at radius 2 is 2.00 bits per heavy atom. The van der Waals surface area contributed by atoms with Crippen LogP contribution in [-0.2, 0) is 0 Å². The minimum Gasteiger partial charge on any atom is -0.350 e. The fourth-order valence-corrected chi connectivity index (χ4v) is 2.06. The van der Waals surface area contributed by atoms with E-state index in [0.29, 0.717) is 24.5 Å². The number of imidazole rings is 1. The summed E-state index contributed by atoms with van der Waals surface area (Å²) in [6.45, 7) is 7.18. The van der Waals surface area contributed by atoms with Crippen molar-refractivity contribution in [1.29, 1.82) is 0 Å². The highest BCUT2D eigenvalue weighted by Gasteiger charge is 2.20. The molecule has 0 aromatic carbocycles. The Morgan fingerprint density at radius 3 is 2.68 bits per heavy atom. The minimum absolute atomic E-state index is 0.235. The van der Waals surface area contributed by atoms with E-state index in [2.05, 4.69) is 15.6 Å². The molecule has 2 amide bonds. The summed E-state index contributed by atoms with van der Waals surface area (Å²) in [5.74, 6) is 0.0572. The third kappa shape index (κ3) is 3.44. The van der Waals surface area contributed by atoms with Crippen molar-refractivity contribution in [3.63, 3.8) is 0 Å². The van der Waals surface area contributed by atoms with Crippen molar-refractivity contribution in [2.24, 2.45) is 5.92 Å². The summed E-state index contributed by atoms with van der Waals surface area (Å²) < 4.78 is 1.65. The number of rotatable bonds is 6. The molecule has 118 valence electrons. The number of pyridine rings is 1. The number of hydrogen-bond donors (Lipinski definition) is 2. The summed E-state index contributed by atoms with van der Waals surface area (Å²) in [5.41, 5.74) is 0.910. The van der Waals surface area contributed by atoms with Gasteiger partial charge in [0.25, 0.3) is 11.8 Å². The largest absolute Gasteiger partial charge is 0.350 e. The average molecular weight is 302 g/mol. The van der Waals surface area contributed by atoms with Crippen molar-refractivity contribution < 1.29 is 9.59 Å². The highest BCUT2D eigenvalue weighted by atomic mass is 16.2. The molecule has 0 aliphatic rings. The Balaban J connectivity index is 2.35. The maximum atomic E-state index is 12.3. The maximum Gasteiger partial charge on any atom is 0.287 e. The predicted octanol–water partition coefficient (Wildman–Crippen LogP) is 1.86. The number of amides is 2. The summed E-state index contributed by atoms with van der Waals surface area (Å²) >= 11 is 0. The van der Waals surface area contributed by atoms with Gasteiger partial charge in [-0.1, -0.05) is 26.8 Å². The number of nitrogens with zero attached hydrogens (tertiary/aromatic N) is 2. The van der Waals surface area contributed by atoms with Crippen LogP contribution in [0.2, 0.25) is 0 Å². The first-order chi connectivity index (χ1) is 10.5. The number of fused-ring (bicyclic) bond motifs is 1. The number of nitrogens with one attached hydrogen (secondary N) is 2. The van der Waals surface area contributed by atoms with Gasteiger partial charge < -0.3 is 10.6 Å². The fourth-order valence-electron chi connectivity index (χ4n) is 2.06. The summed E-state index contributed by atoms with van der Waals surface area (Å²) in [6.07, 6.45) is 2.58. The van der Waals surface area contributed by atoms with Crippen molar-refractivity contribution in [2.75, 3.05) is 13.1 Å². The molecule has 6 heteroatoms. The second-order valence-corrected chi connectivity index (χ2v) is 5.60. The molecular formula is C16H22N4O2. The Hall–Kier alpha value is -2.37. The Kier molecular flexibility index (Phi) is 5.14. The van der Waals surface area contributed by atoms with Crippen LogP contribution in [0.25, 0.3) is 5.52 Å². The van der Waals surface area contributed by atoms with Gasteiger partial charge in [0.15, 0.2) is 5.69 Å². The second-order valence-electron chi connectivity index (χ2n) is 5.60. The molecule has 2 rings (SSSR count). The molecule has 2 aromatic heterocycles. The monoisotopic (exact) mass is 302 g/mol. The predicted molar refractivity (Wildman–Crippen MR) is 85.0 cm³/mol. The van der Waals surface area contributed by atoms with E-state index in [4.69, 9.17) is 0 Å². The van der Waals surface area contributed by atoms with Gasteiger partial charge in [0.1, 0.15) is 0 Å². The zero-order valence-corrected chi connectivity index (χ0v) is 13.2. The molecule has 0 saturated heterocycles. The summed E-state index contributed by atoms with van der Waals surface area (Å²) in [5, 5.41) is 5.63. The van der Waals surface area contributed by atoms with Crippen molar-refractivity contribution in [3.05, 3.63) is 35.9 Å². The standard InChI is InChI=1S/C16H22N4O2/c1-4-8-17-16(22)14-19-13(15(21)18-10-11(2)3)12-7-5-6-9-20(12)14/h5-7,9,11H,4,8,10H2,1-3H3,(H,17,22)(H,18,21). The number of carbonyl (C=O) groups excluding carboxylic acids is 2. The first-order valence-electron chi connectivity index (χ1n) is 7.58. The molecule has 0 fully saturated rings. The minimum atomic E-state index is -0.272. The van der Waals surface area contributed by atoms with Gasteiger partial charge in [-0.25, -0.2) is 4.98 Å². The van der Waals surface area contributed by atoms with Crippen molar-refractivity contribution >= 4 is 17.3 Å². The number of hydrogen-bond acceptors (Lipinski definition) is 3. The van der Waals surface area contributed by atoms with E-state index in [-0.39, 0.29) is 23.3 Å². The molecule has 0 saturated carbocycles. The van der Waals surface area contributed by atoms with Crippen LogP contribution in [0.15, 0.2) is 24.4 Å². The van der Waals surface area contributed by atoms with Crippen LogP contribution in [0.4, 0.5) is 0 Å². The lowest BCUT2D eigenvalue weighted by atomic mass is 10.2. The van der Waals surface area contributed by atoms with E-state index in [0.717, 1.165) is 6.42 Å². The first kappa shape index (κ1) is 16.0. The van der Waals surface area contributed by atoms with Crippen LogP contribution < -0.4 is 10.6 Å². The molecule has 2 aromatic rings. The Morgan fingerprint density at radius 1 is 1.23 bits per heavy atom. The highest BCUT2D eigenvalue weighted by Crippen LogP contribution is 2.13. The lowest BCUT2D eigenvalue weighted by Crippen LogP contribution is -2.28. The molecule has 22 heavy (non-hydrogen) atoms. The van der Waals surface area contributed by atoms with Crippen LogP contribution in [-0.4, -0.2) is 34.3 Å². The van der Waals surface area contributed by atoms with Gasteiger partial charge in [0.2, 0.25) is 5.82 Å². The van der Waals surface area contributed by atoms with E-state index in [9.17, 15) is 9.59 Å². The topological polar surface area (TPSA) is 75.5 Å². The van der Waals surface area contributed by atoms with Gasteiger partial charge in [-0.15, -0.1) is 0 Å². The van der Waals surface area contributed by atoms with Gasteiger partial charge in [0.05, 0.1) is 5.52 Å². The molecular weight excluding hydrogens is 280 g/mol. The third-order valence-corrected chi connectivity index (χ3v) is 3.17. The Labute approximate surface area is 129 Å². The normalized spacial score (nSPS) is 10.9. The molecule has 0 atom stereocenters. The molecule has 0 unspecified atom stereocenters. The third-order valence-electron chi connectivity index (χ3n) is 3.17. The van der Waals surface area contributed by atoms with E-state index in [1.54, 1.807) is 22.7 Å². The van der Waals surface area contributed by atoms with Gasteiger partial charge in [-0.05, 0) is 24.5 Å². The SMILES string of the molecule is CCCNC(=O)c1nc(C(=O)NCC(C)C)c2ccccn12. The lowest BCUT2D eigenvalue weighted by Gasteiger charge is -2.05. The summed E-state index contributed by atoms with van der Waals surface area (Å²) in [4.78, 5) is 28.7. The maximum absolute atomic E-state index is 12.3. The number of carbonyl (C=O) groups is 2. The first-order valence-corrected chi connectivity index (χ1v) is 7.58. The van der Waals surface area contributed by atoms with Crippen LogP contribution >= 0.6 is 0 Å². The zero-order chi connectivity index (χ0) is 16.1. The smallest absolute Gasteiger partial charge is 0.287 e. The van der Waals surface area contributed by atoms with Crippen LogP contribution in [0.1, 0.15) is 48.3 Å². The molecule has 2 heterocycles. The van der Waals surface area contributed by atoms with E-state index in [1.165, 1.54) is 0 Å². The Bertz CT molecular complexity index is 676. The molecule has 0 bridgehead atoms. The number of aromatic nitrogens is 2. The second kappa shape index (κ2) is 7.06. The molecule has 0 aliphatic heterocycles. The van der Waals surface area contributed by atoms with Crippen molar-refractivity contribution in [3.8, 4) is 0 Å². The molecule has 0 radical (unpaired) electrons. The van der Waals surface area contributed by atoms with Crippen LogP contribution in [0.3, 0.4) is 0 Å². The van der Waals surface area contributed by atoms with Gasteiger partial charge >= 0.3 is 0 Å². The average Bonchev–Trinajstić information content (AvgIpc) is 2.90. The quantitative estimate of drug-likeness (QED) is 0.855.